The summed E-state index contributed by atoms with van der Waals surface area (Å²) in [7, 11) is -2.92. The van der Waals surface area contributed by atoms with Crippen LogP contribution in [-0.2, 0) is 14.6 Å². The smallest absolute Gasteiger partial charge is 0.151 e. The first kappa shape index (κ1) is 10.1. The van der Waals surface area contributed by atoms with Crippen molar-refractivity contribution in [1.82, 2.24) is 0 Å². The lowest BCUT2D eigenvalue weighted by Gasteiger charge is -2.29. The average Bonchev–Trinajstić information content (AvgIpc) is 1.99. The van der Waals surface area contributed by atoms with Crippen molar-refractivity contribution in [3.63, 3.8) is 0 Å². The summed E-state index contributed by atoms with van der Waals surface area (Å²) >= 11 is 0. The molecule has 1 saturated heterocycles. The molecule has 2 rings (SSSR count). The molecular weight excluding hydrogens is 200 g/mol. The third kappa shape index (κ3) is 2.00. The van der Waals surface area contributed by atoms with E-state index in [-0.39, 0.29) is 29.1 Å². The second kappa shape index (κ2) is 3.65. The van der Waals surface area contributed by atoms with Gasteiger partial charge in [0.2, 0.25) is 0 Å². The number of carbonyl (C=O) groups excluding carboxylic acids is 1. The summed E-state index contributed by atoms with van der Waals surface area (Å²) in [6.07, 6.45) is 4.56. The molecule has 4 heteroatoms. The summed E-state index contributed by atoms with van der Waals surface area (Å²) in [5, 5.41) is 0. The number of hydrogen-bond donors (Lipinski definition) is 0. The molecule has 0 aromatic carbocycles. The van der Waals surface area contributed by atoms with E-state index in [1.54, 1.807) is 0 Å². The molecule has 1 heterocycles. The molecule has 1 atom stereocenters. The lowest BCUT2D eigenvalue weighted by Crippen LogP contribution is -2.36. The van der Waals surface area contributed by atoms with Gasteiger partial charge in [-0.3, -0.25) is 4.79 Å². The van der Waals surface area contributed by atoms with Crippen molar-refractivity contribution in [3.8, 4) is 0 Å². The Morgan fingerprint density at radius 3 is 2.14 bits per heavy atom. The summed E-state index contributed by atoms with van der Waals surface area (Å²) in [5.41, 5.74) is 0. The van der Waals surface area contributed by atoms with E-state index >= 15 is 0 Å². The molecule has 0 bridgehead atoms. The second-order valence-corrected chi connectivity index (χ2v) is 6.71. The molecule has 0 spiro atoms. The molecule has 1 saturated carbocycles. The summed E-state index contributed by atoms with van der Waals surface area (Å²) in [5.74, 6) is 0.621. The minimum atomic E-state index is -2.92. The predicted octanol–water partition coefficient (Wildman–Crippen LogP) is 1.18. The van der Waals surface area contributed by atoms with Crippen molar-refractivity contribution >= 4 is 15.6 Å². The van der Waals surface area contributed by atoms with Crippen LogP contribution in [0.25, 0.3) is 0 Å². The van der Waals surface area contributed by atoms with Crippen LogP contribution in [0.1, 0.15) is 32.1 Å². The van der Waals surface area contributed by atoms with Gasteiger partial charge in [0.25, 0.3) is 0 Å². The van der Waals surface area contributed by atoms with Gasteiger partial charge in [-0.2, -0.15) is 0 Å². The molecule has 2 aliphatic rings. The van der Waals surface area contributed by atoms with Gasteiger partial charge in [-0.15, -0.1) is 0 Å². The SMILES string of the molecule is O=C(C1CCC1)C1CCCS(=O)(=O)C1. The van der Waals surface area contributed by atoms with Gasteiger partial charge >= 0.3 is 0 Å². The number of Topliss-reactive ketones (excluding diaryl/α,β-unsaturated/α-hetero) is 1. The van der Waals surface area contributed by atoms with E-state index in [9.17, 15) is 13.2 Å². The molecule has 80 valence electrons. The van der Waals surface area contributed by atoms with Crippen molar-refractivity contribution in [3.05, 3.63) is 0 Å². The van der Waals surface area contributed by atoms with Crippen LogP contribution in [0.3, 0.4) is 0 Å². The predicted molar refractivity (Wildman–Crippen MR) is 53.7 cm³/mol. The van der Waals surface area contributed by atoms with Crippen LogP contribution in [0.15, 0.2) is 0 Å². The Bertz CT molecular complexity index is 327. The van der Waals surface area contributed by atoms with E-state index in [1.165, 1.54) is 0 Å². The van der Waals surface area contributed by atoms with Crippen molar-refractivity contribution in [2.45, 2.75) is 32.1 Å². The molecule has 14 heavy (non-hydrogen) atoms. The number of sulfone groups is 1. The Morgan fingerprint density at radius 2 is 1.64 bits per heavy atom. The maximum absolute atomic E-state index is 11.8. The van der Waals surface area contributed by atoms with Gasteiger partial charge in [0.05, 0.1) is 11.5 Å². The first-order chi connectivity index (χ1) is 6.58. The van der Waals surface area contributed by atoms with E-state index in [1.807, 2.05) is 0 Å². The van der Waals surface area contributed by atoms with Crippen LogP contribution in [0.5, 0.6) is 0 Å². The van der Waals surface area contributed by atoms with Gasteiger partial charge in [-0.05, 0) is 25.7 Å². The van der Waals surface area contributed by atoms with E-state index in [2.05, 4.69) is 0 Å². The third-order valence-electron chi connectivity index (χ3n) is 3.37. The van der Waals surface area contributed by atoms with E-state index < -0.39 is 9.84 Å². The molecular formula is C10H16O3S. The van der Waals surface area contributed by atoms with Gasteiger partial charge < -0.3 is 0 Å². The van der Waals surface area contributed by atoms with Crippen LogP contribution in [0, 0.1) is 11.8 Å². The van der Waals surface area contributed by atoms with Crippen molar-refractivity contribution in [2.75, 3.05) is 11.5 Å². The molecule has 0 aromatic rings. The molecule has 0 N–H and O–H groups in total. The second-order valence-electron chi connectivity index (χ2n) is 4.48. The largest absolute Gasteiger partial charge is 0.299 e. The zero-order valence-electron chi connectivity index (χ0n) is 8.24. The first-order valence-corrected chi connectivity index (χ1v) is 7.15. The van der Waals surface area contributed by atoms with E-state index in [0.717, 1.165) is 25.7 Å². The first-order valence-electron chi connectivity index (χ1n) is 5.33. The van der Waals surface area contributed by atoms with E-state index in [4.69, 9.17) is 0 Å². The third-order valence-corrected chi connectivity index (χ3v) is 5.19. The zero-order chi connectivity index (χ0) is 10.2. The highest BCUT2D eigenvalue weighted by molar-refractivity contribution is 7.91. The molecule has 0 amide bonds. The number of ketones is 1. The van der Waals surface area contributed by atoms with Gasteiger partial charge in [0.15, 0.2) is 9.84 Å². The van der Waals surface area contributed by atoms with Gasteiger partial charge in [0.1, 0.15) is 5.78 Å². The van der Waals surface area contributed by atoms with Crippen LogP contribution < -0.4 is 0 Å². The standard InChI is InChI=1S/C10H16O3S/c11-10(8-3-1-4-8)9-5-2-6-14(12,13)7-9/h8-9H,1-7H2. The van der Waals surface area contributed by atoms with Crippen LogP contribution in [-0.4, -0.2) is 25.7 Å². The van der Waals surface area contributed by atoms with Crippen molar-refractivity contribution in [2.24, 2.45) is 11.8 Å². The Labute approximate surface area is 84.8 Å². The molecule has 3 nitrogen and oxygen atoms in total. The summed E-state index contributed by atoms with van der Waals surface area (Å²) < 4.78 is 22.7. The Kier molecular flexibility index (Phi) is 2.64. The topological polar surface area (TPSA) is 51.2 Å². The lowest BCUT2D eigenvalue weighted by atomic mass is 9.77. The summed E-state index contributed by atoms with van der Waals surface area (Å²) in [4.78, 5) is 11.8. The van der Waals surface area contributed by atoms with Gasteiger partial charge in [-0.25, -0.2) is 8.42 Å². The fourth-order valence-corrected chi connectivity index (χ4v) is 3.99. The van der Waals surface area contributed by atoms with Gasteiger partial charge in [0, 0.05) is 11.8 Å². The van der Waals surface area contributed by atoms with Crippen molar-refractivity contribution < 1.29 is 13.2 Å². The maximum Gasteiger partial charge on any atom is 0.151 e. The monoisotopic (exact) mass is 216 g/mol. The molecule has 0 radical (unpaired) electrons. The summed E-state index contributed by atoms with van der Waals surface area (Å²) in [6.45, 7) is 0. The minimum absolute atomic E-state index is 0.113. The molecule has 0 aromatic heterocycles. The quantitative estimate of drug-likeness (QED) is 0.696. The molecule has 2 fully saturated rings. The molecule has 1 aliphatic carbocycles. The Balaban J connectivity index is 2.00. The van der Waals surface area contributed by atoms with Crippen LogP contribution in [0.4, 0.5) is 0 Å². The van der Waals surface area contributed by atoms with Crippen LogP contribution >= 0.6 is 0 Å². The van der Waals surface area contributed by atoms with E-state index in [0.29, 0.717) is 6.42 Å². The molecule has 1 aliphatic heterocycles. The van der Waals surface area contributed by atoms with Gasteiger partial charge in [-0.1, -0.05) is 6.42 Å². The minimum Gasteiger partial charge on any atom is -0.299 e. The number of rotatable bonds is 2. The highest BCUT2D eigenvalue weighted by atomic mass is 32.2. The fraction of sp³-hybridized carbons (Fsp3) is 0.900. The highest BCUT2D eigenvalue weighted by Gasteiger charge is 2.35. The zero-order valence-corrected chi connectivity index (χ0v) is 9.05. The highest BCUT2D eigenvalue weighted by Crippen LogP contribution is 2.32. The average molecular weight is 216 g/mol. The van der Waals surface area contributed by atoms with Crippen LogP contribution in [0.2, 0.25) is 0 Å². The number of carbonyl (C=O) groups is 1. The Hall–Kier alpha value is -0.380. The lowest BCUT2D eigenvalue weighted by molar-refractivity contribution is -0.128. The Morgan fingerprint density at radius 1 is 1.00 bits per heavy atom. The van der Waals surface area contributed by atoms with Crippen molar-refractivity contribution in [1.29, 1.82) is 0 Å². The molecule has 1 unspecified atom stereocenters. The fourth-order valence-electron chi connectivity index (χ4n) is 2.27. The summed E-state index contributed by atoms with van der Waals surface area (Å²) in [6, 6.07) is 0. The maximum atomic E-state index is 11.8. The number of hydrogen-bond acceptors (Lipinski definition) is 3. The normalized spacial score (nSPS) is 32.1.